The van der Waals surface area contributed by atoms with Gasteiger partial charge in [-0.25, -0.2) is 0 Å². The molecule has 0 saturated heterocycles. The number of rotatable bonds is 4. The molecular formula is C18H18IN2OS2+. The molecule has 1 aromatic carbocycles. The summed E-state index contributed by atoms with van der Waals surface area (Å²) in [4.78, 5) is 7.40. The number of alkyl halides is 1. The molecule has 3 nitrogen and oxygen atoms in total. The van der Waals surface area contributed by atoms with Crippen molar-refractivity contribution in [1.29, 1.82) is 0 Å². The average molecular weight is 469 g/mol. The maximum Gasteiger partial charge on any atom is 0.364 e. The van der Waals surface area contributed by atoms with Crippen molar-refractivity contribution in [2.45, 2.75) is 37.4 Å². The molecule has 6 heteroatoms. The molecule has 4 rings (SSSR count). The first-order valence-electron chi connectivity index (χ1n) is 7.90. The summed E-state index contributed by atoms with van der Waals surface area (Å²) >= 11 is 5.97. The Kier molecular flexibility index (Phi) is 4.70. The molecule has 3 aromatic rings. The van der Waals surface area contributed by atoms with E-state index in [0.717, 1.165) is 32.6 Å². The van der Waals surface area contributed by atoms with Crippen LogP contribution >= 0.6 is 45.7 Å². The van der Waals surface area contributed by atoms with Crippen LogP contribution in [-0.4, -0.2) is 15.5 Å². The molecule has 3 heterocycles. The van der Waals surface area contributed by atoms with Crippen LogP contribution in [0.3, 0.4) is 0 Å². The summed E-state index contributed by atoms with van der Waals surface area (Å²) in [5.74, 6) is 1.94. The first kappa shape index (κ1) is 16.6. The zero-order chi connectivity index (χ0) is 16.7. The zero-order valence-corrected chi connectivity index (χ0v) is 17.4. The maximum absolute atomic E-state index is 6.27. The van der Waals surface area contributed by atoms with Crippen LogP contribution in [0, 0.1) is 13.8 Å². The van der Waals surface area contributed by atoms with Crippen LogP contribution in [0.2, 0.25) is 0 Å². The molecule has 124 valence electrons. The van der Waals surface area contributed by atoms with Crippen LogP contribution in [0.15, 0.2) is 35.5 Å². The Hall–Kier alpha value is -0.860. The molecule has 1 unspecified atom stereocenters. The highest BCUT2D eigenvalue weighted by atomic mass is 127. The summed E-state index contributed by atoms with van der Waals surface area (Å²) in [5.41, 5.74) is 2.63. The van der Waals surface area contributed by atoms with Gasteiger partial charge in [0.2, 0.25) is 4.83 Å². The highest BCUT2D eigenvalue weighted by Crippen LogP contribution is 2.37. The Morgan fingerprint density at radius 3 is 2.88 bits per heavy atom. The number of fused-ring (bicyclic) bond motifs is 3. The fraction of sp³-hybridized carbons (Fsp3) is 0.333. The van der Waals surface area contributed by atoms with Gasteiger partial charge >= 0.3 is 5.16 Å². The van der Waals surface area contributed by atoms with Gasteiger partial charge in [0.15, 0.2) is 0 Å². The van der Waals surface area contributed by atoms with Gasteiger partial charge in [-0.3, -0.25) is 0 Å². The highest BCUT2D eigenvalue weighted by molar-refractivity contribution is 14.1. The van der Waals surface area contributed by atoms with E-state index in [-0.39, 0.29) is 6.10 Å². The minimum atomic E-state index is 0.244. The second kappa shape index (κ2) is 6.80. The summed E-state index contributed by atoms with van der Waals surface area (Å²) in [6.45, 7) is 5.24. The summed E-state index contributed by atoms with van der Waals surface area (Å²) in [6, 6.07) is 10.6. The van der Waals surface area contributed by atoms with E-state index in [9.17, 15) is 0 Å². The van der Waals surface area contributed by atoms with E-state index in [1.54, 1.807) is 23.1 Å². The zero-order valence-electron chi connectivity index (χ0n) is 13.6. The molecule has 0 bridgehead atoms. The largest absolute Gasteiger partial charge is 0.453 e. The second-order valence-electron chi connectivity index (χ2n) is 5.94. The summed E-state index contributed by atoms with van der Waals surface area (Å²) in [7, 11) is 0. The number of thiophene rings is 1. The van der Waals surface area contributed by atoms with Gasteiger partial charge in [0.05, 0.1) is 0 Å². The molecule has 0 fully saturated rings. The van der Waals surface area contributed by atoms with Crippen LogP contribution < -0.4 is 9.30 Å². The lowest BCUT2D eigenvalue weighted by molar-refractivity contribution is -0.721. The third-order valence-corrected chi connectivity index (χ3v) is 7.43. The lowest BCUT2D eigenvalue weighted by Crippen LogP contribution is -2.36. The first-order chi connectivity index (χ1) is 11.7. The molecule has 24 heavy (non-hydrogen) atoms. The fourth-order valence-electron chi connectivity index (χ4n) is 2.90. The van der Waals surface area contributed by atoms with Crippen LogP contribution in [0.25, 0.3) is 10.2 Å². The molecule has 0 N–H and O–H groups in total. The van der Waals surface area contributed by atoms with Gasteiger partial charge in [0, 0.05) is 15.1 Å². The monoisotopic (exact) mass is 469 g/mol. The summed E-state index contributed by atoms with van der Waals surface area (Å²) in [5, 5.41) is 2.27. The Morgan fingerprint density at radius 2 is 2.12 bits per heavy atom. The van der Waals surface area contributed by atoms with Crippen molar-refractivity contribution in [3.63, 3.8) is 0 Å². The number of halogens is 1. The molecule has 2 aromatic heterocycles. The molecule has 0 radical (unpaired) electrons. The number of benzene rings is 1. The van der Waals surface area contributed by atoms with E-state index in [1.165, 1.54) is 21.4 Å². The molecule has 0 amide bonds. The SMILES string of the molecule is Cc1sc2nc(SCc3ccccc3)[n+]3c(c2c1C)OC(CI)C3. The quantitative estimate of drug-likeness (QED) is 0.182. The van der Waals surface area contributed by atoms with E-state index in [4.69, 9.17) is 9.72 Å². The van der Waals surface area contributed by atoms with E-state index in [1.807, 2.05) is 0 Å². The van der Waals surface area contributed by atoms with Crippen molar-refractivity contribution in [3.8, 4) is 5.88 Å². The van der Waals surface area contributed by atoms with Gasteiger partial charge in [-0.2, -0.15) is 4.57 Å². The Balaban J connectivity index is 1.76. The third-order valence-electron chi connectivity index (χ3n) is 4.30. The predicted octanol–water partition coefficient (Wildman–Crippen LogP) is 4.69. The Labute approximate surface area is 163 Å². The molecule has 1 aliphatic heterocycles. The van der Waals surface area contributed by atoms with Crippen LogP contribution in [-0.2, 0) is 12.3 Å². The number of hydrogen-bond donors (Lipinski definition) is 0. The lowest BCUT2D eigenvalue weighted by atomic mass is 10.2. The van der Waals surface area contributed by atoms with E-state index >= 15 is 0 Å². The van der Waals surface area contributed by atoms with Gasteiger partial charge in [-0.05, 0) is 41.7 Å². The highest BCUT2D eigenvalue weighted by Gasteiger charge is 2.35. The van der Waals surface area contributed by atoms with E-state index < -0.39 is 0 Å². The van der Waals surface area contributed by atoms with E-state index in [0.29, 0.717) is 0 Å². The minimum absolute atomic E-state index is 0.244. The number of aryl methyl sites for hydroxylation is 2. The molecular weight excluding hydrogens is 451 g/mol. The summed E-state index contributed by atoms with van der Waals surface area (Å²) in [6.07, 6.45) is 0.244. The van der Waals surface area contributed by atoms with Crippen molar-refractivity contribution < 1.29 is 9.30 Å². The molecule has 0 aliphatic carbocycles. The fourth-order valence-corrected chi connectivity index (χ4v) is 5.40. The normalized spacial score (nSPS) is 16.4. The van der Waals surface area contributed by atoms with E-state index in [2.05, 4.69) is 71.3 Å². The van der Waals surface area contributed by atoms with Crippen LogP contribution in [0.1, 0.15) is 16.0 Å². The van der Waals surface area contributed by atoms with Gasteiger partial charge in [0.25, 0.3) is 5.88 Å². The summed E-state index contributed by atoms with van der Waals surface area (Å²) < 4.78 is 9.53. The maximum atomic E-state index is 6.27. The predicted molar refractivity (Wildman–Crippen MR) is 109 cm³/mol. The van der Waals surface area contributed by atoms with Crippen molar-refractivity contribution in [2.24, 2.45) is 0 Å². The van der Waals surface area contributed by atoms with Crippen molar-refractivity contribution in [1.82, 2.24) is 4.98 Å². The van der Waals surface area contributed by atoms with Gasteiger partial charge in [-0.1, -0.05) is 64.3 Å². The average Bonchev–Trinajstić information content (AvgIpc) is 3.15. The number of hydrogen-bond acceptors (Lipinski definition) is 4. The van der Waals surface area contributed by atoms with Crippen molar-refractivity contribution in [3.05, 3.63) is 46.3 Å². The number of aromatic nitrogens is 2. The van der Waals surface area contributed by atoms with Gasteiger partial charge in [0.1, 0.15) is 18.0 Å². The van der Waals surface area contributed by atoms with Gasteiger partial charge < -0.3 is 4.74 Å². The van der Waals surface area contributed by atoms with Crippen LogP contribution in [0.5, 0.6) is 5.88 Å². The van der Waals surface area contributed by atoms with Crippen molar-refractivity contribution >= 4 is 55.9 Å². The minimum Gasteiger partial charge on any atom is -0.453 e. The van der Waals surface area contributed by atoms with Crippen molar-refractivity contribution in [2.75, 3.05) is 4.43 Å². The molecule has 0 spiro atoms. The lowest BCUT2D eigenvalue weighted by Gasteiger charge is -2.02. The first-order valence-corrected chi connectivity index (χ1v) is 11.2. The number of thioether (sulfide) groups is 1. The molecule has 1 aliphatic rings. The molecule has 1 atom stereocenters. The van der Waals surface area contributed by atoms with Crippen LogP contribution in [0.4, 0.5) is 0 Å². The number of ether oxygens (including phenoxy) is 1. The van der Waals surface area contributed by atoms with Gasteiger partial charge in [-0.15, -0.1) is 0 Å². The topological polar surface area (TPSA) is 26.0 Å². The smallest absolute Gasteiger partial charge is 0.364 e. The standard InChI is InChI=1S/C18H18IN2OS2/c1-11-12(2)24-16-15(11)17-21(9-14(8-19)22-17)18(20-16)23-10-13-6-4-3-5-7-13/h3-7,14H,8-10H2,1-2H3/q+1. The Morgan fingerprint density at radius 1 is 1.33 bits per heavy atom. The molecule has 0 saturated carbocycles. The Bertz CT molecular complexity index is 895. The third kappa shape index (κ3) is 2.93. The number of nitrogens with zero attached hydrogens (tertiary/aromatic N) is 2. The second-order valence-corrected chi connectivity index (χ2v) is 8.97.